The maximum absolute atomic E-state index is 9.27. The summed E-state index contributed by atoms with van der Waals surface area (Å²) in [4.78, 5) is 0. The van der Waals surface area contributed by atoms with Crippen LogP contribution in [-0.4, -0.2) is 31.5 Å². The Morgan fingerprint density at radius 2 is 2.09 bits per heavy atom. The van der Waals surface area contributed by atoms with Gasteiger partial charge in [-0.15, -0.1) is 0 Å². The van der Waals surface area contributed by atoms with Crippen molar-refractivity contribution in [1.82, 2.24) is 10.6 Å². The first kappa shape index (κ1) is 10.9. The molecule has 0 bridgehead atoms. The number of hydrogen-bond acceptors (Lipinski definition) is 3. The second-order valence-electron chi connectivity index (χ2n) is 2.72. The van der Waals surface area contributed by atoms with Crippen LogP contribution in [0.1, 0.15) is 26.2 Å². The van der Waals surface area contributed by atoms with Crippen LogP contribution in [0.15, 0.2) is 0 Å². The number of aliphatic hydroxyl groups excluding tert-OH is 1. The van der Waals surface area contributed by atoms with E-state index < -0.39 is 0 Å². The Kier molecular flexibility index (Phi) is 7.89. The van der Waals surface area contributed by atoms with Crippen LogP contribution in [0.4, 0.5) is 0 Å². The van der Waals surface area contributed by atoms with E-state index in [0.29, 0.717) is 0 Å². The average Bonchev–Trinajstić information content (AvgIpc) is 2.01. The molecule has 0 rings (SSSR count). The maximum Gasteiger partial charge on any atom is 0.104 e. The van der Waals surface area contributed by atoms with E-state index in [9.17, 15) is 5.11 Å². The van der Waals surface area contributed by atoms with Gasteiger partial charge in [-0.05, 0) is 19.9 Å². The molecule has 0 aromatic carbocycles. The van der Waals surface area contributed by atoms with Crippen LogP contribution in [0, 0.1) is 0 Å². The van der Waals surface area contributed by atoms with Crippen molar-refractivity contribution in [1.29, 1.82) is 0 Å². The molecule has 3 nitrogen and oxygen atoms in total. The zero-order valence-corrected chi connectivity index (χ0v) is 7.56. The van der Waals surface area contributed by atoms with Crippen LogP contribution in [0.3, 0.4) is 0 Å². The van der Waals surface area contributed by atoms with E-state index in [1.54, 1.807) is 0 Å². The Labute approximate surface area is 69.2 Å². The lowest BCUT2D eigenvalue weighted by Gasteiger charge is -2.11. The summed E-state index contributed by atoms with van der Waals surface area (Å²) in [5, 5.41) is 15.3. The van der Waals surface area contributed by atoms with Crippen molar-refractivity contribution in [3.8, 4) is 0 Å². The molecule has 0 heterocycles. The predicted molar refractivity (Wildman–Crippen MR) is 47.5 cm³/mol. The number of rotatable bonds is 7. The highest BCUT2D eigenvalue weighted by Gasteiger charge is 1.99. The summed E-state index contributed by atoms with van der Waals surface area (Å²) in [6.07, 6.45) is 2.78. The molecular formula is C8H20N2O. The summed E-state index contributed by atoms with van der Waals surface area (Å²) >= 11 is 0. The molecule has 11 heavy (non-hydrogen) atoms. The standard InChI is InChI=1S/C8H20N2O/c1-3-4-5-8(11)10-7-6-9-2/h8-11H,3-7H2,1-2H3. The topological polar surface area (TPSA) is 44.3 Å². The summed E-state index contributed by atoms with van der Waals surface area (Å²) in [7, 11) is 1.90. The highest BCUT2D eigenvalue weighted by atomic mass is 16.3. The van der Waals surface area contributed by atoms with Crippen molar-refractivity contribution in [2.45, 2.75) is 32.4 Å². The normalized spacial score (nSPS) is 13.4. The van der Waals surface area contributed by atoms with E-state index >= 15 is 0 Å². The van der Waals surface area contributed by atoms with Crippen LogP contribution in [0.2, 0.25) is 0 Å². The lowest BCUT2D eigenvalue weighted by Crippen LogP contribution is -2.33. The van der Waals surface area contributed by atoms with Gasteiger partial charge in [0.05, 0.1) is 0 Å². The van der Waals surface area contributed by atoms with Gasteiger partial charge in [0.25, 0.3) is 0 Å². The monoisotopic (exact) mass is 160 g/mol. The zero-order chi connectivity index (χ0) is 8.53. The molecule has 0 fully saturated rings. The quantitative estimate of drug-likeness (QED) is 0.371. The maximum atomic E-state index is 9.27. The largest absolute Gasteiger partial charge is 0.379 e. The van der Waals surface area contributed by atoms with Crippen molar-refractivity contribution < 1.29 is 5.11 Å². The first-order valence-electron chi connectivity index (χ1n) is 4.37. The molecule has 0 amide bonds. The number of likely N-dealkylation sites (N-methyl/N-ethyl adjacent to an activating group) is 1. The fourth-order valence-corrected chi connectivity index (χ4v) is 0.863. The summed E-state index contributed by atoms with van der Waals surface area (Å²) in [5.74, 6) is 0. The number of unbranched alkanes of at least 4 members (excludes halogenated alkanes) is 1. The molecule has 0 aromatic rings. The third-order valence-electron chi connectivity index (χ3n) is 1.59. The van der Waals surface area contributed by atoms with Gasteiger partial charge in [-0.25, -0.2) is 0 Å². The second-order valence-corrected chi connectivity index (χ2v) is 2.72. The number of hydrogen-bond donors (Lipinski definition) is 3. The molecule has 0 aliphatic carbocycles. The van der Waals surface area contributed by atoms with Crippen LogP contribution < -0.4 is 10.6 Å². The van der Waals surface area contributed by atoms with Crippen LogP contribution in [0.25, 0.3) is 0 Å². The van der Waals surface area contributed by atoms with E-state index in [1.165, 1.54) is 0 Å². The minimum atomic E-state index is -0.316. The van der Waals surface area contributed by atoms with Gasteiger partial charge >= 0.3 is 0 Å². The van der Waals surface area contributed by atoms with Gasteiger partial charge in [-0.3, -0.25) is 5.32 Å². The molecule has 3 heteroatoms. The van der Waals surface area contributed by atoms with Crippen molar-refractivity contribution in [3.63, 3.8) is 0 Å². The molecule has 0 radical (unpaired) electrons. The number of aliphatic hydroxyl groups is 1. The van der Waals surface area contributed by atoms with Crippen molar-refractivity contribution in [2.24, 2.45) is 0 Å². The lowest BCUT2D eigenvalue weighted by atomic mass is 10.2. The van der Waals surface area contributed by atoms with Crippen molar-refractivity contribution in [2.75, 3.05) is 20.1 Å². The fourth-order valence-electron chi connectivity index (χ4n) is 0.863. The molecule has 0 aliphatic heterocycles. The minimum Gasteiger partial charge on any atom is -0.379 e. The fraction of sp³-hybridized carbons (Fsp3) is 1.00. The number of nitrogens with one attached hydrogen (secondary N) is 2. The Morgan fingerprint density at radius 1 is 1.36 bits per heavy atom. The van der Waals surface area contributed by atoms with Gasteiger partial charge < -0.3 is 10.4 Å². The van der Waals surface area contributed by atoms with Crippen molar-refractivity contribution in [3.05, 3.63) is 0 Å². The molecule has 3 N–H and O–H groups in total. The lowest BCUT2D eigenvalue weighted by molar-refractivity contribution is 0.126. The Hall–Kier alpha value is -0.120. The third kappa shape index (κ3) is 7.78. The zero-order valence-electron chi connectivity index (χ0n) is 7.56. The highest BCUT2D eigenvalue weighted by Crippen LogP contribution is 1.96. The van der Waals surface area contributed by atoms with Gasteiger partial charge in [-0.2, -0.15) is 0 Å². The second kappa shape index (κ2) is 7.98. The Morgan fingerprint density at radius 3 is 2.64 bits per heavy atom. The van der Waals surface area contributed by atoms with E-state index in [1.807, 2.05) is 7.05 Å². The smallest absolute Gasteiger partial charge is 0.104 e. The molecule has 0 saturated carbocycles. The van der Waals surface area contributed by atoms with E-state index in [2.05, 4.69) is 17.6 Å². The molecule has 0 aromatic heterocycles. The van der Waals surface area contributed by atoms with Gasteiger partial charge in [0.1, 0.15) is 6.23 Å². The van der Waals surface area contributed by atoms with Gasteiger partial charge in [0.15, 0.2) is 0 Å². The first-order valence-corrected chi connectivity index (χ1v) is 4.37. The van der Waals surface area contributed by atoms with E-state index in [-0.39, 0.29) is 6.23 Å². The Bertz CT molecular complexity index is 78.5. The van der Waals surface area contributed by atoms with Crippen LogP contribution >= 0.6 is 0 Å². The molecule has 1 unspecified atom stereocenters. The highest BCUT2D eigenvalue weighted by molar-refractivity contribution is 4.54. The average molecular weight is 160 g/mol. The van der Waals surface area contributed by atoms with E-state index in [4.69, 9.17) is 0 Å². The van der Waals surface area contributed by atoms with E-state index in [0.717, 1.165) is 32.4 Å². The first-order chi connectivity index (χ1) is 5.31. The third-order valence-corrected chi connectivity index (χ3v) is 1.59. The van der Waals surface area contributed by atoms with Gasteiger partial charge in [0.2, 0.25) is 0 Å². The predicted octanol–water partition coefficient (Wildman–Crippen LogP) is 0.304. The molecule has 0 saturated heterocycles. The molecule has 1 atom stereocenters. The molecule has 68 valence electrons. The molecular weight excluding hydrogens is 140 g/mol. The van der Waals surface area contributed by atoms with Crippen LogP contribution in [-0.2, 0) is 0 Å². The summed E-state index contributed by atoms with van der Waals surface area (Å²) < 4.78 is 0. The summed E-state index contributed by atoms with van der Waals surface area (Å²) in [5.41, 5.74) is 0. The van der Waals surface area contributed by atoms with Gasteiger partial charge in [-0.1, -0.05) is 13.3 Å². The molecule has 0 spiro atoms. The summed E-state index contributed by atoms with van der Waals surface area (Å²) in [6.45, 7) is 3.87. The molecule has 0 aliphatic rings. The Balaban J connectivity index is 3.02. The summed E-state index contributed by atoms with van der Waals surface area (Å²) in [6, 6.07) is 0. The van der Waals surface area contributed by atoms with Crippen molar-refractivity contribution >= 4 is 0 Å². The minimum absolute atomic E-state index is 0.316. The SMILES string of the molecule is CCCCC(O)NCCNC. The van der Waals surface area contributed by atoms with Gasteiger partial charge in [0, 0.05) is 13.1 Å². The van der Waals surface area contributed by atoms with Crippen LogP contribution in [0.5, 0.6) is 0 Å².